The summed E-state index contributed by atoms with van der Waals surface area (Å²) in [6.45, 7) is 6.02. The standard InChI is InChI=1S/C18H25NO2S/c1-3-15-19(17-9-7-5-4-6-8-10-17)22(20,21)18-13-11-16(2)12-14-18/h3,7,9,11-14,17H,1,4-6,8,10,15H2,2H3/b9-7-. The van der Waals surface area contributed by atoms with E-state index in [9.17, 15) is 8.42 Å². The van der Waals surface area contributed by atoms with Crippen molar-refractivity contribution in [2.75, 3.05) is 6.54 Å². The molecule has 1 aliphatic carbocycles. The minimum absolute atomic E-state index is 0.0791. The van der Waals surface area contributed by atoms with Crippen LogP contribution >= 0.6 is 0 Å². The highest BCUT2D eigenvalue weighted by molar-refractivity contribution is 7.89. The van der Waals surface area contributed by atoms with Crippen LogP contribution in [-0.4, -0.2) is 25.3 Å². The van der Waals surface area contributed by atoms with Gasteiger partial charge in [-0.15, -0.1) is 6.58 Å². The van der Waals surface area contributed by atoms with Crippen LogP contribution in [-0.2, 0) is 10.0 Å². The van der Waals surface area contributed by atoms with E-state index in [1.165, 1.54) is 6.42 Å². The molecule has 22 heavy (non-hydrogen) atoms. The summed E-state index contributed by atoms with van der Waals surface area (Å²) in [4.78, 5) is 0.357. The Bertz CT molecular complexity index is 617. The van der Waals surface area contributed by atoms with E-state index >= 15 is 0 Å². The van der Waals surface area contributed by atoms with Gasteiger partial charge in [-0.25, -0.2) is 8.42 Å². The quantitative estimate of drug-likeness (QED) is 0.768. The summed E-state index contributed by atoms with van der Waals surface area (Å²) < 4.78 is 27.5. The number of allylic oxidation sites excluding steroid dienone is 1. The maximum Gasteiger partial charge on any atom is 0.243 e. The van der Waals surface area contributed by atoms with Gasteiger partial charge in [0.1, 0.15) is 0 Å². The van der Waals surface area contributed by atoms with Crippen molar-refractivity contribution in [3.63, 3.8) is 0 Å². The lowest BCUT2D eigenvalue weighted by molar-refractivity contribution is 0.361. The fraction of sp³-hybridized carbons (Fsp3) is 0.444. The first-order chi connectivity index (χ1) is 10.6. The Morgan fingerprint density at radius 2 is 1.95 bits per heavy atom. The van der Waals surface area contributed by atoms with Crippen LogP contribution in [0.4, 0.5) is 0 Å². The Labute approximate surface area is 134 Å². The average molecular weight is 319 g/mol. The molecule has 1 aromatic rings. The van der Waals surface area contributed by atoms with Crippen molar-refractivity contribution in [3.8, 4) is 0 Å². The molecule has 1 atom stereocenters. The highest BCUT2D eigenvalue weighted by Gasteiger charge is 2.29. The number of rotatable bonds is 5. The lowest BCUT2D eigenvalue weighted by Gasteiger charge is -2.29. The van der Waals surface area contributed by atoms with Gasteiger partial charge in [-0.3, -0.25) is 0 Å². The zero-order valence-electron chi connectivity index (χ0n) is 13.2. The Balaban J connectivity index is 2.34. The van der Waals surface area contributed by atoms with Gasteiger partial charge in [-0.05, 0) is 38.3 Å². The molecule has 0 saturated heterocycles. The van der Waals surface area contributed by atoms with Crippen molar-refractivity contribution in [1.82, 2.24) is 4.31 Å². The van der Waals surface area contributed by atoms with Crippen LogP contribution in [0.15, 0.2) is 54.0 Å². The predicted octanol–water partition coefficient (Wildman–Crippen LogP) is 4.06. The van der Waals surface area contributed by atoms with Crippen LogP contribution in [0.1, 0.15) is 37.7 Å². The van der Waals surface area contributed by atoms with Crippen molar-refractivity contribution in [3.05, 3.63) is 54.6 Å². The fourth-order valence-electron chi connectivity index (χ4n) is 2.77. The summed E-state index contributed by atoms with van der Waals surface area (Å²) in [6, 6.07) is 6.98. The van der Waals surface area contributed by atoms with E-state index in [1.54, 1.807) is 22.5 Å². The number of hydrogen-bond acceptors (Lipinski definition) is 2. The number of aryl methyl sites for hydroxylation is 1. The second kappa shape index (κ2) is 7.75. The van der Waals surface area contributed by atoms with Crippen LogP contribution in [0.3, 0.4) is 0 Å². The highest BCUT2D eigenvalue weighted by Crippen LogP contribution is 2.24. The Kier molecular flexibility index (Phi) is 5.98. The van der Waals surface area contributed by atoms with E-state index in [0.717, 1.165) is 31.2 Å². The first-order valence-electron chi connectivity index (χ1n) is 7.92. The lowest BCUT2D eigenvalue weighted by atomic mass is 10.0. The average Bonchev–Trinajstić information content (AvgIpc) is 2.45. The first kappa shape index (κ1) is 17.0. The minimum Gasteiger partial charge on any atom is -0.207 e. The number of nitrogens with zero attached hydrogens (tertiary/aromatic N) is 1. The summed E-state index contributed by atoms with van der Waals surface area (Å²) in [6.07, 6.45) is 11.1. The number of hydrogen-bond donors (Lipinski definition) is 0. The monoisotopic (exact) mass is 319 g/mol. The van der Waals surface area contributed by atoms with Gasteiger partial charge in [0.05, 0.1) is 4.90 Å². The van der Waals surface area contributed by atoms with Gasteiger partial charge < -0.3 is 0 Å². The second-order valence-corrected chi connectivity index (χ2v) is 7.70. The predicted molar refractivity (Wildman–Crippen MR) is 91.3 cm³/mol. The summed E-state index contributed by atoms with van der Waals surface area (Å²) in [5, 5.41) is 0. The molecule has 0 fully saturated rings. The molecule has 0 aromatic heterocycles. The Hall–Kier alpha value is -1.39. The van der Waals surface area contributed by atoms with E-state index < -0.39 is 10.0 Å². The normalized spacial score (nSPS) is 21.1. The fourth-order valence-corrected chi connectivity index (χ4v) is 4.35. The summed E-state index contributed by atoms with van der Waals surface area (Å²) >= 11 is 0. The third-order valence-electron chi connectivity index (χ3n) is 4.04. The van der Waals surface area contributed by atoms with E-state index in [1.807, 2.05) is 19.1 Å². The molecular formula is C18H25NO2S. The van der Waals surface area contributed by atoms with Crippen LogP contribution < -0.4 is 0 Å². The molecule has 0 spiro atoms. The van der Waals surface area contributed by atoms with Crippen molar-refractivity contribution >= 4 is 10.0 Å². The molecule has 0 bridgehead atoms. The van der Waals surface area contributed by atoms with Gasteiger partial charge in [-0.2, -0.15) is 4.31 Å². The molecule has 0 aliphatic heterocycles. The van der Waals surface area contributed by atoms with Crippen molar-refractivity contribution < 1.29 is 8.42 Å². The summed E-state index contributed by atoms with van der Waals surface area (Å²) in [7, 11) is -3.50. The van der Waals surface area contributed by atoms with Gasteiger partial charge in [0.25, 0.3) is 0 Å². The summed E-state index contributed by atoms with van der Waals surface area (Å²) in [5.74, 6) is 0. The maximum absolute atomic E-state index is 13.0. The highest BCUT2D eigenvalue weighted by atomic mass is 32.2. The smallest absolute Gasteiger partial charge is 0.207 e. The molecule has 0 heterocycles. The molecule has 0 amide bonds. The van der Waals surface area contributed by atoms with Gasteiger partial charge in [0.2, 0.25) is 10.0 Å². The Morgan fingerprint density at radius 1 is 1.23 bits per heavy atom. The lowest BCUT2D eigenvalue weighted by Crippen LogP contribution is -2.39. The topological polar surface area (TPSA) is 37.4 Å². The third kappa shape index (κ3) is 4.08. The molecule has 1 unspecified atom stereocenters. The molecule has 3 nitrogen and oxygen atoms in total. The minimum atomic E-state index is -3.50. The molecule has 0 saturated carbocycles. The first-order valence-corrected chi connectivity index (χ1v) is 9.36. The van der Waals surface area contributed by atoms with E-state index in [4.69, 9.17) is 0 Å². The third-order valence-corrected chi connectivity index (χ3v) is 5.94. The van der Waals surface area contributed by atoms with Crippen LogP contribution in [0.2, 0.25) is 0 Å². The molecule has 2 rings (SSSR count). The van der Waals surface area contributed by atoms with Crippen LogP contribution in [0.5, 0.6) is 0 Å². The van der Waals surface area contributed by atoms with Crippen LogP contribution in [0.25, 0.3) is 0 Å². The SMILES string of the molecule is C=CCN(C1/C=C\CCCCC1)S(=O)(=O)c1ccc(C)cc1. The van der Waals surface area contributed by atoms with E-state index in [-0.39, 0.29) is 6.04 Å². The molecule has 0 N–H and O–H groups in total. The number of benzene rings is 1. The van der Waals surface area contributed by atoms with Gasteiger partial charge in [-0.1, -0.05) is 48.8 Å². The van der Waals surface area contributed by atoms with Crippen molar-refractivity contribution in [2.24, 2.45) is 0 Å². The zero-order valence-corrected chi connectivity index (χ0v) is 14.1. The largest absolute Gasteiger partial charge is 0.243 e. The molecule has 0 radical (unpaired) electrons. The second-order valence-electron chi connectivity index (χ2n) is 5.81. The zero-order chi connectivity index (χ0) is 16.0. The molecule has 1 aromatic carbocycles. The molecule has 4 heteroatoms. The number of sulfonamides is 1. The van der Waals surface area contributed by atoms with Crippen molar-refractivity contribution in [2.45, 2.75) is 50.0 Å². The van der Waals surface area contributed by atoms with Gasteiger partial charge in [0.15, 0.2) is 0 Å². The maximum atomic E-state index is 13.0. The van der Waals surface area contributed by atoms with E-state index in [2.05, 4.69) is 18.7 Å². The van der Waals surface area contributed by atoms with Crippen molar-refractivity contribution in [1.29, 1.82) is 0 Å². The van der Waals surface area contributed by atoms with Gasteiger partial charge >= 0.3 is 0 Å². The van der Waals surface area contributed by atoms with E-state index in [0.29, 0.717) is 11.4 Å². The van der Waals surface area contributed by atoms with Crippen LogP contribution in [0, 0.1) is 6.92 Å². The Morgan fingerprint density at radius 3 is 2.64 bits per heavy atom. The van der Waals surface area contributed by atoms with Gasteiger partial charge in [0, 0.05) is 12.6 Å². The molecule has 120 valence electrons. The summed E-state index contributed by atoms with van der Waals surface area (Å²) in [5.41, 5.74) is 1.06. The molecule has 1 aliphatic rings. The molecular weight excluding hydrogens is 294 g/mol.